The zero-order chi connectivity index (χ0) is 11.6. The molecule has 0 saturated carbocycles. The van der Waals surface area contributed by atoms with Crippen molar-refractivity contribution in [3.8, 4) is 5.75 Å². The Hall–Kier alpha value is -1.23. The van der Waals surface area contributed by atoms with Crippen LogP contribution in [0, 0.1) is 17.5 Å². The molecular weight excluding hydrogens is 233 g/mol. The molecule has 0 atom stereocenters. The third-order valence-corrected chi connectivity index (χ3v) is 1.86. The van der Waals surface area contributed by atoms with Crippen LogP contribution in [0.5, 0.6) is 5.75 Å². The van der Waals surface area contributed by atoms with E-state index in [0.717, 1.165) is 7.11 Å². The smallest absolute Gasteiger partial charge is 0.226 e. The Kier molecular flexibility index (Phi) is 3.57. The van der Waals surface area contributed by atoms with Crippen molar-refractivity contribution in [2.75, 3.05) is 7.11 Å². The van der Waals surface area contributed by atoms with Crippen molar-refractivity contribution in [1.82, 2.24) is 0 Å². The summed E-state index contributed by atoms with van der Waals surface area (Å²) in [7, 11) is 1.08. The van der Waals surface area contributed by atoms with E-state index in [2.05, 4.69) is 4.74 Å². The van der Waals surface area contributed by atoms with Gasteiger partial charge in [0.2, 0.25) is 11.1 Å². The standard InChI is InChI=1S/C9H6ClF3O2/c1-15-9-4(3-6(10)14)2-5(11)7(12)8(9)13/h2H,3H2,1H3. The molecule has 2 nitrogen and oxygen atoms in total. The average Bonchev–Trinajstić information content (AvgIpc) is 2.14. The molecule has 0 N–H and O–H groups in total. The van der Waals surface area contributed by atoms with Gasteiger partial charge in [0.25, 0.3) is 0 Å². The van der Waals surface area contributed by atoms with Crippen LogP contribution >= 0.6 is 11.6 Å². The van der Waals surface area contributed by atoms with Gasteiger partial charge in [-0.25, -0.2) is 8.78 Å². The van der Waals surface area contributed by atoms with Gasteiger partial charge in [0.05, 0.1) is 13.5 Å². The molecule has 0 bridgehead atoms. The lowest BCUT2D eigenvalue weighted by molar-refractivity contribution is -0.111. The molecule has 0 fully saturated rings. The number of halogens is 4. The van der Waals surface area contributed by atoms with Crippen molar-refractivity contribution < 1.29 is 22.7 Å². The van der Waals surface area contributed by atoms with Crippen LogP contribution in [0.2, 0.25) is 0 Å². The summed E-state index contributed by atoms with van der Waals surface area (Å²) >= 11 is 5.05. The van der Waals surface area contributed by atoms with Gasteiger partial charge in [-0.15, -0.1) is 0 Å². The molecule has 0 amide bonds. The second kappa shape index (κ2) is 4.53. The maximum absolute atomic E-state index is 13.1. The molecule has 0 aliphatic carbocycles. The molecule has 0 aliphatic heterocycles. The van der Waals surface area contributed by atoms with Crippen molar-refractivity contribution in [3.63, 3.8) is 0 Å². The Bertz CT molecular complexity index is 407. The van der Waals surface area contributed by atoms with Gasteiger partial charge >= 0.3 is 0 Å². The first-order valence-corrected chi connectivity index (χ1v) is 4.23. The first kappa shape index (κ1) is 11.8. The van der Waals surface area contributed by atoms with Crippen LogP contribution in [0.3, 0.4) is 0 Å². The second-order valence-electron chi connectivity index (χ2n) is 2.71. The van der Waals surface area contributed by atoms with Crippen LogP contribution in [0.4, 0.5) is 13.2 Å². The molecule has 0 radical (unpaired) electrons. The molecule has 0 spiro atoms. The molecule has 6 heteroatoms. The summed E-state index contributed by atoms with van der Waals surface area (Å²) in [5.74, 6) is -5.01. The van der Waals surface area contributed by atoms with E-state index < -0.39 is 34.9 Å². The molecular formula is C9H6ClF3O2. The lowest BCUT2D eigenvalue weighted by Crippen LogP contribution is -2.04. The fourth-order valence-corrected chi connectivity index (χ4v) is 1.27. The largest absolute Gasteiger partial charge is 0.493 e. The van der Waals surface area contributed by atoms with Gasteiger partial charge in [0.1, 0.15) is 0 Å². The summed E-state index contributed by atoms with van der Waals surface area (Å²) < 4.78 is 43.1. The van der Waals surface area contributed by atoms with E-state index in [4.69, 9.17) is 11.6 Å². The second-order valence-corrected chi connectivity index (χ2v) is 3.13. The number of benzene rings is 1. The van der Waals surface area contributed by atoms with E-state index in [9.17, 15) is 18.0 Å². The van der Waals surface area contributed by atoms with E-state index in [-0.39, 0.29) is 5.56 Å². The van der Waals surface area contributed by atoms with Crippen LogP contribution in [-0.2, 0) is 11.2 Å². The summed E-state index contributed by atoms with van der Waals surface area (Å²) in [6.45, 7) is 0. The van der Waals surface area contributed by atoms with Crippen molar-refractivity contribution in [2.24, 2.45) is 0 Å². The van der Waals surface area contributed by atoms with Gasteiger partial charge < -0.3 is 4.74 Å². The van der Waals surface area contributed by atoms with Crippen molar-refractivity contribution in [1.29, 1.82) is 0 Å². The van der Waals surface area contributed by atoms with E-state index >= 15 is 0 Å². The molecule has 0 aromatic heterocycles. The number of ether oxygens (including phenoxy) is 1. The summed E-state index contributed by atoms with van der Waals surface area (Å²) in [6.07, 6.45) is -0.432. The molecule has 0 unspecified atom stereocenters. The summed E-state index contributed by atoms with van der Waals surface area (Å²) in [4.78, 5) is 10.6. The van der Waals surface area contributed by atoms with Crippen molar-refractivity contribution in [2.45, 2.75) is 6.42 Å². The fourth-order valence-electron chi connectivity index (χ4n) is 1.13. The highest BCUT2D eigenvalue weighted by Crippen LogP contribution is 2.27. The third-order valence-electron chi connectivity index (χ3n) is 1.73. The number of rotatable bonds is 3. The van der Waals surface area contributed by atoms with Crippen LogP contribution in [0.15, 0.2) is 6.07 Å². The maximum Gasteiger partial charge on any atom is 0.226 e. The normalized spacial score (nSPS) is 10.2. The summed E-state index contributed by atoms with van der Waals surface area (Å²) in [5.41, 5.74) is -0.131. The molecule has 82 valence electrons. The van der Waals surface area contributed by atoms with E-state index in [1.165, 1.54) is 0 Å². The van der Waals surface area contributed by atoms with Crippen molar-refractivity contribution in [3.05, 3.63) is 29.1 Å². The SMILES string of the molecule is COc1c(CC(=O)Cl)cc(F)c(F)c1F. The predicted octanol–water partition coefficient (Wildman–Crippen LogP) is 2.42. The lowest BCUT2D eigenvalue weighted by atomic mass is 10.1. The lowest BCUT2D eigenvalue weighted by Gasteiger charge is -2.08. The molecule has 1 aromatic rings. The summed E-state index contributed by atoms with van der Waals surface area (Å²) in [6, 6.07) is 0.678. The van der Waals surface area contributed by atoms with E-state index in [0.29, 0.717) is 6.07 Å². The number of hydrogen-bond donors (Lipinski definition) is 0. The van der Waals surface area contributed by atoms with Gasteiger partial charge in [-0.05, 0) is 17.7 Å². The minimum absolute atomic E-state index is 0.131. The Morgan fingerprint density at radius 2 is 2.00 bits per heavy atom. The predicted molar refractivity (Wildman–Crippen MR) is 47.4 cm³/mol. The van der Waals surface area contributed by atoms with Crippen LogP contribution in [-0.4, -0.2) is 12.4 Å². The van der Waals surface area contributed by atoms with Crippen molar-refractivity contribution >= 4 is 16.8 Å². The zero-order valence-electron chi connectivity index (χ0n) is 7.61. The topological polar surface area (TPSA) is 26.3 Å². The van der Waals surface area contributed by atoms with Gasteiger partial charge in [0.15, 0.2) is 17.4 Å². The Morgan fingerprint density at radius 3 is 2.47 bits per heavy atom. The Morgan fingerprint density at radius 1 is 1.40 bits per heavy atom. The zero-order valence-corrected chi connectivity index (χ0v) is 8.37. The van der Waals surface area contributed by atoms with Gasteiger partial charge in [-0.1, -0.05) is 0 Å². The van der Waals surface area contributed by atoms with Crippen LogP contribution in [0.1, 0.15) is 5.56 Å². The van der Waals surface area contributed by atoms with Crippen LogP contribution < -0.4 is 4.74 Å². The first-order valence-electron chi connectivity index (χ1n) is 3.86. The van der Waals surface area contributed by atoms with E-state index in [1.54, 1.807) is 0 Å². The monoisotopic (exact) mass is 238 g/mol. The maximum atomic E-state index is 13.1. The first-order chi connectivity index (χ1) is 6.97. The molecule has 15 heavy (non-hydrogen) atoms. The average molecular weight is 239 g/mol. The summed E-state index contributed by atoms with van der Waals surface area (Å²) in [5, 5.41) is -0.821. The number of carbonyl (C=O) groups excluding carboxylic acids is 1. The third kappa shape index (κ3) is 2.41. The number of carbonyl (C=O) groups is 1. The molecule has 0 aliphatic rings. The minimum Gasteiger partial charge on any atom is -0.493 e. The molecule has 0 heterocycles. The van der Waals surface area contributed by atoms with Gasteiger partial charge in [-0.3, -0.25) is 4.79 Å². The molecule has 1 aromatic carbocycles. The van der Waals surface area contributed by atoms with Gasteiger partial charge in [-0.2, -0.15) is 4.39 Å². The minimum atomic E-state index is -1.64. The number of hydrogen-bond acceptors (Lipinski definition) is 2. The highest BCUT2D eigenvalue weighted by atomic mass is 35.5. The fraction of sp³-hybridized carbons (Fsp3) is 0.222. The van der Waals surface area contributed by atoms with E-state index in [1.807, 2.05) is 0 Å². The Balaban J connectivity index is 3.31. The molecule has 1 rings (SSSR count). The van der Waals surface area contributed by atoms with Crippen LogP contribution in [0.25, 0.3) is 0 Å². The molecule has 0 saturated heterocycles. The highest BCUT2D eigenvalue weighted by Gasteiger charge is 2.20. The van der Waals surface area contributed by atoms with Gasteiger partial charge in [0, 0.05) is 5.56 Å². The quantitative estimate of drug-likeness (QED) is 0.597. The highest BCUT2D eigenvalue weighted by molar-refractivity contribution is 6.63. The number of methoxy groups -OCH3 is 1. The Labute approximate surface area is 88.6 Å².